The molecule has 0 bridgehead atoms. The zero-order valence-electron chi connectivity index (χ0n) is 10.1. The second-order valence-corrected chi connectivity index (χ2v) is 4.58. The Morgan fingerprint density at radius 1 is 1.38 bits per heavy atom. The first-order chi connectivity index (χ1) is 7.81. The molecule has 2 heterocycles. The molecule has 0 aliphatic carbocycles. The first-order valence-electron chi connectivity index (χ1n) is 6.29. The molecular formula is C12H22N4. The number of rotatable bonds is 5. The highest BCUT2D eigenvalue weighted by atomic mass is 15.2. The fourth-order valence-corrected chi connectivity index (χ4v) is 2.29. The molecule has 1 saturated heterocycles. The van der Waals surface area contributed by atoms with Gasteiger partial charge in [-0.05, 0) is 32.4 Å². The molecule has 0 unspecified atom stereocenters. The number of hydrogen-bond donors (Lipinski definition) is 1. The van der Waals surface area contributed by atoms with Gasteiger partial charge in [-0.3, -0.25) is 0 Å². The van der Waals surface area contributed by atoms with Crippen molar-refractivity contribution in [2.75, 3.05) is 19.6 Å². The summed E-state index contributed by atoms with van der Waals surface area (Å²) in [5.41, 5.74) is 7.22. The third kappa shape index (κ3) is 2.62. The van der Waals surface area contributed by atoms with E-state index in [4.69, 9.17) is 5.73 Å². The summed E-state index contributed by atoms with van der Waals surface area (Å²) in [7, 11) is 0. The smallest absolute Gasteiger partial charge is 0.0949 e. The second kappa shape index (κ2) is 5.46. The van der Waals surface area contributed by atoms with Crippen LogP contribution in [0.5, 0.6) is 0 Å². The maximum absolute atomic E-state index is 6.05. The van der Waals surface area contributed by atoms with Crippen LogP contribution in [0, 0.1) is 0 Å². The Balaban J connectivity index is 1.90. The molecule has 2 N–H and O–H groups in total. The highest BCUT2D eigenvalue weighted by Crippen LogP contribution is 2.13. The van der Waals surface area contributed by atoms with Crippen molar-refractivity contribution in [1.29, 1.82) is 0 Å². The van der Waals surface area contributed by atoms with E-state index in [1.807, 2.05) is 12.5 Å². The molecule has 1 aliphatic rings. The Morgan fingerprint density at radius 2 is 2.12 bits per heavy atom. The van der Waals surface area contributed by atoms with Crippen molar-refractivity contribution >= 4 is 0 Å². The molecule has 0 spiro atoms. The summed E-state index contributed by atoms with van der Waals surface area (Å²) >= 11 is 0. The summed E-state index contributed by atoms with van der Waals surface area (Å²) in [5.74, 6) is 0. The molecule has 2 rings (SSSR count). The highest BCUT2D eigenvalue weighted by Gasteiger charge is 2.13. The van der Waals surface area contributed by atoms with Crippen molar-refractivity contribution < 1.29 is 0 Å². The van der Waals surface area contributed by atoms with Gasteiger partial charge in [-0.1, -0.05) is 6.92 Å². The summed E-state index contributed by atoms with van der Waals surface area (Å²) in [6.07, 6.45) is 7.48. The van der Waals surface area contributed by atoms with Crippen LogP contribution in [0.25, 0.3) is 0 Å². The maximum atomic E-state index is 6.05. The SMILES string of the molecule is CC[C@@H](N)c1cncn1CCN1CCCC1. The average molecular weight is 222 g/mol. The summed E-state index contributed by atoms with van der Waals surface area (Å²) in [5, 5.41) is 0. The summed E-state index contributed by atoms with van der Waals surface area (Å²) < 4.78 is 2.20. The molecular weight excluding hydrogens is 200 g/mol. The van der Waals surface area contributed by atoms with Gasteiger partial charge >= 0.3 is 0 Å². The lowest BCUT2D eigenvalue weighted by Gasteiger charge is -2.17. The Bertz CT molecular complexity index is 315. The topological polar surface area (TPSA) is 47.1 Å². The van der Waals surface area contributed by atoms with Crippen LogP contribution in [0.4, 0.5) is 0 Å². The normalized spacial score (nSPS) is 19.1. The van der Waals surface area contributed by atoms with E-state index in [1.165, 1.54) is 31.6 Å². The Morgan fingerprint density at radius 3 is 2.81 bits per heavy atom. The van der Waals surface area contributed by atoms with Crippen LogP contribution in [0.2, 0.25) is 0 Å². The Labute approximate surface area is 97.4 Å². The van der Waals surface area contributed by atoms with Gasteiger partial charge in [0, 0.05) is 25.3 Å². The minimum atomic E-state index is 0.126. The van der Waals surface area contributed by atoms with Crippen molar-refractivity contribution in [3.05, 3.63) is 18.2 Å². The molecule has 1 fully saturated rings. The number of nitrogens with zero attached hydrogens (tertiary/aromatic N) is 3. The van der Waals surface area contributed by atoms with Crippen LogP contribution in [0.1, 0.15) is 37.9 Å². The molecule has 1 atom stereocenters. The molecule has 0 saturated carbocycles. The van der Waals surface area contributed by atoms with E-state index < -0.39 is 0 Å². The number of imidazole rings is 1. The van der Waals surface area contributed by atoms with Crippen LogP contribution in [0.15, 0.2) is 12.5 Å². The van der Waals surface area contributed by atoms with Crippen LogP contribution in [0.3, 0.4) is 0 Å². The zero-order chi connectivity index (χ0) is 11.4. The van der Waals surface area contributed by atoms with Gasteiger partial charge < -0.3 is 15.2 Å². The van der Waals surface area contributed by atoms with Gasteiger partial charge in [0.25, 0.3) is 0 Å². The van der Waals surface area contributed by atoms with Crippen LogP contribution >= 0.6 is 0 Å². The molecule has 1 aromatic rings. The largest absolute Gasteiger partial charge is 0.332 e. The maximum Gasteiger partial charge on any atom is 0.0949 e. The Hall–Kier alpha value is -0.870. The zero-order valence-corrected chi connectivity index (χ0v) is 10.1. The van der Waals surface area contributed by atoms with Crippen molar-refractivity contribution in [1.82, 2.24) is 14.5 Å². The van der Waals surface area contributed by atoms with Gasteiger partial charge in [0.15, 0.2) is 0 Å². The fraction of sp³-hybridized carbons (Fsp3) is 0.750. The molecule has 16 heavy (non-hydrogen) atoms. The molecule has 0 radical (unpaired) electrons. The van der Waals surface area contributed by atoms with Crippen LogP contribution < -0.4 is 5.73 Å². The van der Waals surface area contributed by atoms with Crippen molar-refractivity contribution in [3.63, 3.8) is 0 Å². The summed E-state index contributed by atoms with van der Waals surface area (Å²) in [4.78, 5) is 6.72. The summed E-state index contributed by atoms with van der Waals surface area (Å²) in [6.45, 7) is 6.76. The molecule has 0 aromatic carbocycles. The van der Waals surface area contributed by atoms with E-state index in [2.05, 4.69) is 21.4 Å². The fourth-order valence-electron chi connectivity index (χ4n) is 2.29. The van der Waals surface area contributed by atoms with Gasteiger partial charge in [-0.2, -0.15) is 0 Å². The van der Waals surface area contributed by atoms with Gasteiger partial charge in [-0.15, -0.1) is 0 Å². The van der Waals surface area contributed by atoms with Crippen molar-refractivity contribution in [2.45, 2.75) is 38.8 Å². The monoisotopic (exact) mass is 222 g/mol. The number of aromatic nitrogens is 2. The lowest BCUT2D eigenvalue weighted by atomic mass is 10.2. The minimum absolute atomic E-state index is 0.126. The molecule has 90 valence electrons. The number of hydrogen-bond acceptors (Lipinski definition) is 3. The van der Waals surface area contributed by atoms with Crippen molar-refractivity contribution in [3.8, 4) is 0 Å². The predicted octanol–water partition coefficient (Wildman–Crippen LogP) is 1.39. The molecule has 4 heteroatoms. The number of nitrogens with two attached hydrogens (primary N) is 1. The third-order valence-electron chi connectivity index (χ3n) is 3.42. The lowest BCUT2D eigenvalue weighted by Crippen LogP contribution is -2.25. The van der Waals surface area contributed by atoms with Crippen molar-refractivity contribution in [2.24, 2.45) is 5.73 Å². The summed E-state index contributed by atoms with van der Waals surface area (Å²) in [6, 6.07) is 0.126. The number of likely N-dealkylation sites (tertiary alicyclic amines) is 1. The lowest BCUT2D eigenvalue weighted by molar-refractivity contribution is 0.319. The quantitative estimate of drug-likeness (QED) is 0.819. The van der Waals surface area contributed by atoms with Crippen LogP contribution in [-0.4, -0.2) is 34.1 Å². The molecule has 1 aromatic heterocycles. The third-order valence-corrected chi connectivity index (χ3v) is 3.42. The van der Waals surface area contributed by atoms with E-state index in [0.717, 1.165) is 19.5 Å². The molecule has 4 nitrogen and oxygen atoms in total. The highest BCUT2D eigenvalue weighted by molar-refractivity contribution is 5.04. The predicted molar refractivity (Wildman–Crippen MR) is 65.1 cm³/mol. The van der Waals surface area contributed by atoms with E-state index in [9.17, 15) is 0 Å². The second-order valence-electron chi connectivity index (χ2n) is 4.58. The van der Waals surface area contributed by atoms with Gasteiger partial charge in [0.2, 0.25) is 0 Å². The van der Waals surface area contributed by atoms with E-state index in [1.54, 1.807) is 0 Å². The van der Waals surface area contributed by atoms with Crippen LogP contribution in [-0.2, 0) is 6.54 Å². The van der Waals surface area contributed by atoms with Gasteiger partial charge in [-0.25, -0.2) is 4.98 Å². The Kier molecular flexibility index (Phi) is 3.96. The minimum Gasteiger partial charge on any atom is -0.332 e. The standard InChI is InChI=1S/C12H22N4/c1-2-11(13)12-9-14-10-16(12)8-7-15-5-3-4-6-15/h9-11H,2-8,13H2,1H3/t11-/m1/s1. The first-order valence-corrected chi connectivity index (χ1v) is 6.29. The molecule has 0 amide bonds. The average Bonchev–Trinajstić information content (AvgIpc) is 2.96. The van der Waals surface area contributed by atoms with E-state index in [-0.39, 0.29) is 6.04 Å². The molecule has 1 aliphatic heterocycles. The first kappa shape index (κ1) is 11.6. The van der Waals surface area contributed by atoms with E-state index in [0.29, 0.717) is 0 Å². The van der Waals surface area contributed by atoms with Gasteiger partial charge in [0.1, 0.15) is 0 Å². The van der Waals surface area contributed by atoms with Gasteiger partial charge in [0.05, 0.1) is 12.0 Å². The van der Waals surface area contributed by atoms with E-state index >= 15 is 0 Å².